The van der Waals surface area contributed by atoms with E-state index in [1.165, 1.54) is 0 Å². The fourth-order valence-corrected chi connectivity index (χ4v) is 2.02. The van der Waals surface area contributed by atoms with Crippen LogP contribution in [0.3, 0.4) is 0 Å². The van der Waals surface area contributed by atoms with Gasteiger partial charge in [0.1, 0.15) is 0 Å². The van der Waals surface area contributed by atoms with Crippen LogP contribution in [-0.4, -0.2) is 18.4 Å². The SMILES string of the molecule is O=C(COC(=O)C1CC1)c1ccc2ccccc2c1. The van der Waals surface area contributed by atoms with Gasteiger partial charge in [-0.15, -0.1) is 0 Å². The highest BCUT2D eigenvalue weighted by atomic mass is 16.5. The summed E-state index contributed by atoms with van der Waals surface area (Å²) in [6, 6.07) is 13.4. The van der Waals surface area contributed by atoms with Crippen LogP contribution in [0.5, 0.6) is 0 Å². The molecule has 3 rings (SSSR count). The molecule has 1 saturated carbocycles. The Kier molecular flexibility index (Phi) is 3.03. The van der Waals surface area contributed by atoms with Crippen molar-refractivity contribution in [2.24, 2.45) is 5.92 Å². The Morgan fingerprint density at radius 3 is 2.53 bits per heavy atom. The zero-order valence-corrected chi connectivity index (χ0v) is 10.5. The fourth-order valence-electron chi connectivity index (χ4n) is 2.02. The van der Waals surface area contributed by atoms with Crippen molar-refractivity contribution in [3.05, 3.63) is 48.0 Å². The van der Waals surface area contributed by atoms with Crippen molar-refractivity contribution < 1.29 is 14.3 Å². The van der Waals surface area contributed by atoms with Gasteiger partial charge in [0.2, 0.25) is 0 Å². The molecule has 96 valence electrons. The zero-order valence-electron chi connectivity index (χ0n) is 10.5. The van der Waals surface area contributed by atoms with E-state index in [1.54, 1.807) is 6.07 Å². The minimum Gasteiger partial charge on any atom is -0.457 e. The van der Waals surface area contributed by atoms with Gasteiger partial charge in [-0.05, 0) is 29.7 Å². The molecule has 3 heteroatoms. The molecule has 19 heavy (non-hydrogen) atoms. The lowest BCUT2D eigenvalue weighted by Gasteiger charge is -2.04. The predicted molar refractivity (Wildman–Crippen MR) is 72.0 cm³/mol. The third-order valence-corrected chi connectivity index (χ3v) is 3.33. The number of carbonyl (C=O) groups is 2. The Balaban J connectivity index is 1.71. The van der Waals surface area contributed by atoms with E-state index < -0.39 is 0 Å². The Hall–Kier alpha value is -2.16. The second kappa shape index (κ2) is 4.84. The maximum absolute atomic E-state index is 12.0. The first-order valence-corrected chi connectivity index (χ1v) is 6.43. The lowest BCUT2D eigenvalue weighted by molar-refractivity contribution is -0.144. The maximum Gasteiger partial charge on any atom is 0.309 e. The molecule has 1 fully saturated rings. The molecule has 3 nitrogen and oxygen atoms in total. The Morgan fingerprint density at radius 1 is 1.05 bits per heavy atom. The standard InChI is InChI=1S/C16H14O3/c17-15(10-19-16(18)12-6-7-12)14-8-5-11-3-1-2-4-13(11)9-14/h1-5,8-9,12H,6-7,10H2. The number of Topliss-reactive ketones (excluding diaryl/α,β-unsaturated/α-hetero) is 1. The molecule has 0 unspecified atom stereocenters. The van der Waals surface area contributed by atoms with Crippen LogP contribution < -0.4 is 0 Å². The smallest absolute Gasteiger partial charge is 0.309 e. The van der Waals surface area contributed by atoms with E-state index in [1.807, 2.05) is 36.4 Å². The first-order valence-electron chi connectivity index (χ1n) is 6.43. The highest BCUT2D eigenvalue weighted by Gasteiger charge is 2.31. The van der Waals surface area contributed by atoms with Gasteiger partial charge in [-0.3, -0.25) is 9.59 Å². The van der Waals surface area contributed by atoms with Crippen LogP contribution in [0.2, 0.25) is 0 Å². The largest absolute Gasteiger partial charge is 0.457 e. The molecule has 1 aliphatic rings. The van der Waals surface area contributed by atoms with Gasteiger partial charge >= 0.3 is 5.97 Å². The van der Waals surface area contributed by atoms with E-state index >= 15 is 0 Å². The molecule has 2 aromatic carbocycles. The Morgan fingerprint density at radius 2 is 1.79 bits per heavy atom. The van der Waals surface area contributed by atoms with Crippen LogP contribution in [0.1, 0.15) is 23.2 Å². The van der Waals surface area contributed by atoms with Crippen LogP contribution in [0.4, 0.5) is 0 Å². The number of hydrogen-bond donors (Lipinski definition) is 0. The number of carbonyl (C=O) groups excluding carboxylic acids is 2. The second-order valence-electron chi connectivity index (χ2n) is 4.87. The van der Waals surface area contributed by atoms with Gasteiger partial charge in [-0.2, -0.15) is 0 Å². The number of esters is 1. The molecule has 0 bridgehead atoms. The average Bonchev–Trinajstić information content (AvgIpc) is 3.28. The summed E-state index contributed by atoms with van der Waals surface area (Å²) >= 11 is 0. The van der Waals surface area contributed by atoms with Gasteiger partial charge in [-0.25, -0.2) is 0 Å². The first kappa shape index (κ1) is 11.9. The molecule has 0 saturated heterocycles. The van der Waals surface area contributed by atoms with Gasteiger partial charge in [0.15, 0.2) is 12.4 Å². The van der Waals surface area contributed by atoms with E-state index in [-0.39, 0.29) is 24.3 Å². The van der Waals surface area contributed by atoms with Gasteiger partial charge in [0.05, 0.1) is 5.92 Å². The number of benzene rings is 2. The van der Waals surface area contributed by atoms with E-state index in [4.69, 9.17) is 4.74 Å². The number of hydrogen-bond acceptors (Lipinski definition) is 3. The highest BCUT2D eigenvalue weighted by molar-refractivity contribution is 6.01. The molecule has 0 aromatic heterocycles. The van der Waals surface area contributed by atoms with E-state index in [0.717, 1.165) is 23.6 Å². The summed E-state index contributed by atoms with van der Waals surface area (Å²) in [4.78, 5) is 23.3. The molecule has 0 heterocycles. The summed E-state index contributed by atoms with van der Waals surface area (Å²) in [5.74, 6) is -0.363. The third-order valence-electron chi connectivity index (χ3n) is 3.33. The van der Waals surface area contributed by atoms with Gasteiger partial charge in [-0.1, -0.05) is 36.4 Å². The normalized spacial score (nSPS) is 14.3. The molecular weight excluding hydrogens is 240 g/mol. The minimum absolute atomic E-state index is 0.0319. The Bertz CT molecular complexity index is 641. The predicted octanol–water partition coefficient (Wildman–Crippen LogP) is 2.98. The van der Waals surface area contributed by atoms with Crippen molar-refractivity contribution >= 4 is 22.5 Å². The first-order chi connectivity index (χ1) is 9.24. The van der Waals surface area contributed by atoms with Crippen molar-refractivity contribution in [2.75, 3.05) is 6.61 Å². The van der Waals surface area contributed by atoms with Crippen LogP contribution >= 0.6 is 0 Å². The maximum atomic E-state index is 12.0. The number of fused-ring (bicyclic) bond motifs is 1. The van der Waals surface area contributed by atoms with Crippen molar-refractivity contribution in [3.63, 3.8) is 0 Å². The summed E-state index contributed by atoms with van der Waals surface area (Å²) in [5.41, 5.74) is 0.585. The molecule has 0 N–H and O–H groups in total. The molecule has 0 radical (unpaired) electrons. The minimum atomic E-state index is -0.242. The summed E-state index contributed by atoms with van der Waals surface area (Å²) < 4.78 is 5.01. The Labute approximate surface area is 111 Å². The van der Waals surface area contributed by atoms with Gasteiger partial charge < -0.3 is 4.74 Å². The fraction of sp³-hybridized carbons (Fsp3) is 0.250. The van der Waals surface area contributed by atoms with E-state index in [9.17, 15) is 9.59 Å². The van der Waals surface area contributed by atoms with Crippen molar-refractivity contribution in [3.8, 4) is 0 Å². The van der Waals surface area contributed by atoms with Crippen LogP contribution in [0, 0.1) is 5.92 Å². The lowest BCUT2D eigenvalue weighted by atomic mass is 10.0. The molecule has 0 amide bonds. The molecule has 0 spiro atoms. The highest BCUT2D eigenvalue weighted by Crippen LogP contribution is 2.30. The molecular formula is C16H14O3. The summed E-state index contributed by atoms with van der Waals surface area (Å²) in [7, 11) is 0. The van der Waals surface area contributed by atoms with Gasteiger partial charge in [0.25, 0.3) is 0 Å². The molecule has 1 aliphatic carbocycles. The molecule has 0 aliphatic heterocycles. The summed E-state index contributed by atoms with van der Waals surface area (Å²) in [6.07, 6.45) is 1.78. The van der Waals surface area contributed by atoms with Crippen LogP contribution in [-0.2, 0) is 9.53 Å². The average molecular weight is 254 g/mol. The molecule has 2 aromatic rings. The van der Waals surface area contributed by atoms with Gasteiger partial charge in [0, 0.05) is 5.56 Å². The van der Waals surface area contributed by atoms with Crippen LogP contribution in [0.15, 0.2) is 42.5 Å². The van der Waals surface area contributed by atoms with Crippen molar-refractivity contribution in [1.82, 2.24) is 0 Å². The topological polar surface area (TPSA) is 43.4 Å². The van der Waals surface area contributed by atoms with E-state index in [2.05, 4.69) is 0 Å². The number of ketones is 1. The van der Waals surface area contributed by atoms with Crippen molar-refractivity contribution in [1.29, 1.82) is 0 Å². The second-order valence-corrected chi connectivity index (χ2v) is 4.87. The summed E-state index contributed by atoms with van der Waals surface area (Å²) in [5, 5.41) is 2.11. The number of rotatable bonds is 4. The van der Waals surface area contributed by atoms with Crippen LogP contribution in [0.25, 0.3) is 10.8 Å². The zero-order chi connectivity index (χ0) is 13.2. The quantitative estimate of drug-likeness (QED) is 0.622. The third kappa shape index (κ3) is 2.65. The van der Waals surface area contributed by atoms with E-state index in [0.29, 0.717) is 5.56 Å². The number of ether oxygens (including phenoxy) is 1. The molecule has 0 atom stereocenters. The summed E-state index contributed by atoms with van der Waals surface area (Å²) in [6.45, 7) is -0.159. The monoisotopic (exact) mass is 254 g/mol. The lowest BCUT2D eigenvalue weighted by Crippen LogP contribution is -2.15. The van der Waals surface area contributed by atoms with Crippen molar-refractivity contribution in [2.45, 2.75) is 12.8 Å².